The number of fused-ring (bicyclic) bond motifs is 2. The molecule has 10 nitrogen and oxygen atoms in total. The number of carbonyl (C=O) groups excluding carboxylic acids is 1. The van der Waals surface area contributed by atoms with Crippen LogP contribution in [-0.4, -0.2) is 43.0 Å². The van der Waals surface area contributed by atoms with Gasteiger partial charge >= 0.3 is 6.55 Å². The Labute approximate surface area is 251 Å². The van der Waals surface area contributed by atoms with Crippen LogP contribution in [-0.2, 0) is 4.79 Å². The van der Waals surface area contributed by atoms with Crippen LogP contribution in [0.25, 0.3) is 22.4 Å². The highest BCUT2D eigenvalue weighted by Gasteiger charge is 2.24. The van der Waals surface area contributed by atoms with Gasteiger partial charge in [0.15, 0.2) is 0 Å². The zero-order chi connectivity index (χ0) is 30.7. The van der Waals surface area contributed by atoms with Crippen molar-refractivity contribution in [1.29, 1.82) is 0 Å². The van der Waals surface area contributed by atoms with E-state index in [1.54, 1.807) is 37.5 Å². The van der Waals surface area contributed by atoms with Crippen LogP contribution in [0.3, 0.4) is 0 Å². The Hall–Kier alpha value is -4.71. The van der Waals surface area contributed by atoms with Gasteiger partial charge < -0.3 is 11.1 Å². The molecule has 0 saturated carbocycles. The molecule has 0 saturated heterocycles. The topological polar surface area (TPSA) is 133 Å². The van der Waals surface area contributed by atoms with E-state index in [-0.39, 0.29) is 17.4 Å². The van der Waals surface area contributed by atoms with Crippen molar-refractivity contribution in [3.05, 3.63) is 99.8 Å². The number of allylic oxidation sites excluding steroid dienone is 1. The summed E-state index contributed by atoms with van der Waals surface area (Å²) in [5.41, 5.74) is 9.46. The van der Waals surface area contributed by atoms with Gasteiger partial charge in [-0.1, -0.05) is 31.0 Å². The lowest BCUT2D eigenvalue weighted by Crippen LogP contribution is -2.33. The first-order chi connectivity index (χ1) is 20.7. The summed E-state index contributed by atoms with van der Waals surface area (Å²) in [6, 6.07) is 9.41. The summed E-state index contributed by atoms with van der Waals surface area (Å²) in [4.78, 5) is 40.1. The lowest BCUT2D eigenvalue weighted by Gasteiger charge is -2.23. The number of alkyl halides is 2. The van der Waals surface area contributed by atoms with Crippen molar-refractivity contribution in [1.82, 2.24) is 29.6 Å². The highest BCUT2D eigenvalue weighted by atomic mass is 35.5. The monoisotopic (exact) mass is 606 g/mol. The Kier molecular flexibility index (Phi) is 8.76. The van der Waals surface area contributed by atoms with Crippen LogP contribution in [0.5, 0.6) is 0 Å². The van der Waals surface area contributed by atoms with E-state index in [0.29, 0.717) is 74.0 Å². The summed E-state index contributed by atoms with van der Waals surface area (Å²) in [5, 5.41) is 6.99. The number of halogens is 3. The number of rotatable bonds is 4. The Morgan fingerprint density at radius 1 is 1.12 bits per heavy atom. The first kappa shape index (κ1) is 29.8. The van der Waals surface area contributed by atoms with Crippen LogP contribution in [0.2, 0.25) is 5.02 Å². The number of aliphatic imine (C=N–C) groups is 1. The van der Waals surface area contributed by atoms with E-state index >= 15 is 0 Å². The lowest BCUT2D eigenvalue weighted by atomic mass is 9.96. The predicted molar refractivity (Wildman–Crippen MR) is 160 cm³/mol. The van der Waals surface area contributed by atoms with E-state index in [2.05, 4.69) is 25.4 Å². The number of aromatic nitrogens is 5. The summed E-state index contributed by atoms with van der Waals surface area (Å²) in [6.07, 6.45) is 8.64. The molecule has 0 spiro atoms. The van der Waals surface area contributed by atoms with E-state index in [1.165, 1.54) is 35.6 Å². The minimum atomic E-state index is -2.79. The molecule has 4 aromatic rings. The van der Waals surface area contributed by atoms with Crippen LogP contribution >= 0.6 is 11.6 Å². The maximum absolute atomic E-state index is 13.7. The van der Waals surface area contributed by atoms with Gasteiger partial charge in [0.2, 0.25) is 5.91 Å². The molecule has 43 heavy (non-hydrogen) atoms. The Morgan fingerprint density at radius 3 is 2.63 bits per heavy atom. The molecule has 2 bridgehead atoms. The van der Waals surface area contributed by atoms with Crippen molar-refractivity contribution < 1.29 is 13.6 Å². The standard InChI is InChI=1S/C30H29ClF2N8O2/c1-17-4-3-5-26(24-10-18(8-9-36-24)28(35-2)25(13-34)39-29(17)43)40-16-37-23(12-27(40)42)22-11-20(31)6-7-21(22)19-14-38-41(15-19)30(32)33/h6-17,26,30H,3-5,34H2,1-2H3,(H,39,43). The SMILES string of the molecule is CN=C1C(=CN)NC(=O)C(C)CCCC(n2cnc(-c3cc(Cl)ccc3-c3cnn(C(F)F)c3)cc2=O)c2cc1ccn2. The third kappa shape index (κ3) is 6.24. The fourth-order valence-electron chi connectivity index (χ4n) is 5.15. The van der Waals surface area contributed by atoms with Crippen molar-refractivity contribution in [2.45, 2.75) is 38.8 Å². The molecule has 1 aliphatic rings. The molecule has 3 aromatic heterocycles. The Bertz CT molecular complexity index is 1780. The molecule has 0 radical (unpaired) electrons. The Balaban J connectivity index is 1.58. The fourth-order valence-corrected chi connectivity index (χ4v) is 5.32. The molecule has 2 atom stereocenters. The zero-order valence-corrected chi connectivity index (χ0v) is 24.2. The van der Waals surface area contributed by atoms with Crippen LogP contribution in [0.15, 0.2) is 83.0 Å². The quantitative estimate of drug-likeness (QED) is 0.337. The summed E-state index contributed by atoms with van der Waals surface area (Å²) in [6.45, 7) is -0.958. The number of carbonyl (C=O) groups is 1. The number of nitrogens with one attached hydrogen (secondary N) is 1. The van der Waals surface area contributed by atoms with Gasteiger partial charge in [0.1, 0.15) is 0 Å². The maximum atomic E-state index is 13.7. The van der Waals surface area contributed by atoms with Gasteiger partial charge in [-0.05, 0) is 42.7 Å². The molecule has 13 heteroatoms. The van der Waals surface area contributed by atoms with E-state index in [9.17, 15) is 18.4 Å². The first-order valence-corrected chi connectivity index (χ1v) is 13.9. The molecule has 3 N–H and O–H groups in total. The van der Waals surface area contributed by atoms with Gasteiger partial charge in [0.05, 0.1) is 41.4 Å². The molecule has 0 aliphatic carbocycles. The van der Waals surface area contributed by atoms with Crippen molar-refractivity contribution in [2.75, 3.05) is 7.05 Å². The smallest absolute Gasteiger partial charge is 0.333 e. The largest absolute Gasteiger partial charge is 0.403 e. The maximum Gasteiger partial charge on any atom is 0.333 e. The number of pyridine rings is 1. The highest BCUT2D eigenvalue weighted by molar-refractivity contribution is 6.31. The van der Waals surface area contributed by atoms with Gasteiger partial charge in [0, 0.05) is 59.3 Å². The third-order valence-corrected chi connectivity index (χ3v) is 7.64. The van der Waals surface area contributed by atoms with E-state index in [1.807, 2.05) is 13.0 Å². The second kappa shape index (κ2) is 12.7. The van der Waals surface area contributed by atoms with Crippen molar-refractivity contribution in [3.8, 4) is 22.4 Å². The summed E-state index contributed by atoms with van der Waals surface area (Å²) in [5.74, 6) is -0.490. The Morgan fingerprint density at radius 2 is 1.93 bits per heavy atom. The second-order valence-electron chi connectivity index (χ2n) is 10.2. The number of nitrogens with two attached hydrogens (primary N) is 1. The molecule has 1 amide bonds. The molecular formula is C30H29ClF2N8O2. The van der Waals surface area contributed by atoms with Crippen LogP contribution in [0.1, 0.15) is 50.0 Å². The van der Waals surface area contributed by atoms with Gasteiger partial charge in [-0.3, -0.25) is 24.1 Å². The van der Waals surface area contributed by atoms with Gasteiger partial charge in [-0.25, -0.2) is 9.67 Å². The molecule has 1 aliphatic heterocycles. The number of benzene rings is 1. The number of hydrogen-bond donors (Lipinski definition) is 2. The van der Waals surface area contributed by atoms with Crippen LogP contribution in [0, 0.1) is 5.92 Å². The molecule has 2 unspecified atom stereocenters. The molecule has 1 aromatic carbocycles. The van der Waals surface area contributed by atoms with Crippen molar-refractivity contribution >= 4 is 23.2 Å². The highest BCUT2D eigenvalue weighted by Crippen LogP contribution is 2.34. The number of nitrogens with zero attached hydrogens (tertiary/aromatic N) is 6. The number of hydrogen-bond acceptors (Lipinski definition) is 7. The lowest BCUT2D eigenvalue weighted by molar-refractivity contribution is -0.123. The minimum Gasteiger partial charge on any atom is -0.403 e. The number of amides is 1. The summed E-state index contributed by atoms with van der Waals surface area (Å²) < 4.78 is 28.4. The van der Waals surface area contributed by atoms with Crippen LogP contribution in [0.4, 0.5) is 8.78 Å². The van der Waals surface area contributed by atoms with E-state index in [0.717, 1.165) is 0 Å². The first-order valence-electron chi connectivity index (χ1n) is 13.6. The third-order valence-electron chi connectivity index (χ3n) is 7.40. The fraction of sp³-hybridized carbons (Fsp3) is 0.267. The van der Waals surface area contributed by atoms with E-state index in [4.69, 9.17) is 17.3 Å². The van der Waals surface area contributed by atoms with E-state index < -0.39 is 12.6 Å². The van der Waals surface area contributed by atoms with Gasteiger partial charge in [-0.15, -0.1) is 0 Å². The molecule has 5 rings (SSSR count). The van der Waals surface area contributed by atoms with Crippen LogP contribution < -0.4 is 16.6 Å². The average Bonchev–Trinajstić information content (AvgIpc) is 3.49. The van der Waals surface area contributed by atoms with Crippen molar-refractivity contribution in [3.63, 3.8) is 0 Å². The zero-order valence-electron chi connectivity index (χ0n) is 23.4. The van der Waals surface area contributed by atoms with Gasteiger partial charge in [0.25, 0.3) is 5.56 Å². The predicted octanol–water partition coefficient (Wildman–Crippen LogP) is 4.96. The summed E-state index contributed by atoms with van der Waals surface area (Å²) >= 11 is 6.28. The normalized spacial score (nSPS) is 19.7. The molecular weight excluding hydrogens is 578 g/mol. The van der Waals surface area contributed by atoms with Crippen molar-refractivity contribution in [2.24, 2.45) is 16.6 Å². The molecule has 222 valence electrons. The second-order valence-corrected chi connectivity index (χ2v) is 10.6. The average molecular weight is 607 g/mol. The summed E-state index contributed by atoms with van der Waals surface area (Å²) in [7, 11) is 1.60. The van der Waals surface area contributed by atoms with Gasteiger partial charge in [-0.2, -0.15) is 13.9 Å². The minimum absolute atomic E-state index is 0.177. The molecule has 4 heterocycles. The molecule has 0 fully saturated rings.